The highest BCUT2D eigenvalue weighted by Gasteiger charge is 2.07. The number of para-hydroxylation sites is 1. The average Bonchev–Trinajstić information content (AvgIpc) is 2.51. The minimum Gasteiger partial charge on any atom is -0.267 e. The van der Waals surface area contributed by atoms with Gasteiger partial charge in [-0.2, -0.15) is 9.78 Å². The van der Waals surface area contributed by atoms with Crippen molar-refractivity contribution in [2.24, 2.45) is 5.10 Å². The smallest absolute Gasteiger partial charge is 0.267 e. The van der Waals surface area contributed by atoms with Crippen LogP contribution in [0.25, 0.3) is 10.9 Å². The van der Waals surface area contributed by atoms with Gasteiger partial charge in [0.25, 0.3) is 5.56 Å². The van der Waals surface area contributed by atoms with E-state index in [4.69, 9.17) is 23.2 Å². The zero-order valence-electron chi connectivity index (χ0n) is 11.6. The van der Waals surface area contributed by atoms with Crippen molar-refractivity contribution in [1.29, 1.82) is 0 Å². The second kappa shape index (κ2) is 5.91. The molecule has 0 saturated carbocycles. The van der Waals surface area contributed by atoms with Gasteiger partial charge >= 0.3 is 0 Å². The van der Waals surface area contributed by atoms with Crippen LogP contribution >= 0.6 is 23.2 Å². The topological polar surface area (TPSA) is 47.2 Å². The molecule has 22 heavy (non-hydrogen) atoms. The minimum atomic E-state index is -0.225. The van der Waals surface area contributed by atoms with E-state index in [9.17, 15) is 4.79 Å². The summed E-state index contributed by atoms with van der Waals surface area (Å²) in [5.74, 6) is 0.498. The van der Waals surface area contributed by atoms with Crippen LogP contribution < -0.4 is 5.56 Å². The van der Waals surface area contributed by atoms with Gasteiger partial charge in [0, 0.05) is 5.56 Å². The summed E-state index contributed by atoms with van der Waals surface area (Å²) in [7, 11) is 0. The number of halogens is 2. The number of nitrogens with zero attached hydrogens (tertiary/aromatic N) is 3. The van der Waals surface area contributed by atoms with Crippen molar-refractivity contribution >= 4 is 40.3 Å². The molecule has 1 aromatic heterocycles. The number of aryl methyl sites for hydroxylation is 1. The van der Waals surface area contributed by atoms with E-state index in [-0.39, 0.29) is 5.56 Å². The van der Waals surface area contributed by atoms with Crippen LogP contribution in [0.1, 0.15) is 11.4 Å². The molecule has 0 saturated heterocycles. The van der Waals surface area contributed by atoms with Gasteiger partial charge < -0.3 is 0 Å². The summed E-state index contributed by atoms with van der Waals surface area (Å²) in [4.78, 5) is 16.9. The lowest BCUT2D eigenvalue weighted by atomic mass is 10.2. The minimum absolute atomic E-state index is 0.225. The first kappa shape index (κ1) is 14.8. The van der Waals surface area contributed by atoms with Gasteiger partial charge in [-0.1, -0.05) is 47.5 Å². The number of hydrogen-bond acceptors (Lipinski definition) is 3. The fourth-order valence-electron chi connectivity index (χ4n) is 2.11. The van der Waals surface area contributed by atoms with E-state index < -0.39 is 0 Å². The Hall–Kier alpha value is -2.17. The third-order valence-electron chi connectivity index (χ3n) is 3.21. The van der Waals surface area contributed by atoms with E-state index >= 15 is 0 Å². The van der Waals surface area contributed by atoms with Gasteiger partial charge in [-0.05, 0) is 25.1 Å². The molecule has 0 radical (unpaired) electrons. The zero-order valence-corrected chi connectivity index (χ0v) is 13.1. The summed E-state index contributed by atoms with van der Waals surface area (Å²) < 4.78 is 1.25. The molecule has 0 aliphatic carbocycles. The fourth-order valence-corrected chi connectivity index (χ4v) is 2.47. The Morgan fingerprint density at radius 1 is 1.14 bits per heavy atom. The van der Waals surface area contributed by atoms with E-state index in [1.54, 1.807) is 43.3 Å². The molecule has 0 bridgehead atoms. The highest BCUT2D eigenvalue weighted by Crippen LogP contribution is 2.24. The van der Waals surface area contributed by atoms with Gasteiger partial charge in [0.1, 0.15) is 5.82 Å². The molecule has 0 aliphatic heterocycles. The van der Waals surface area contributed by atoms with Crippen LogP contribution in [-0.4, -0.2) is 15.9 Å². The maximum absolute atomic E-state index is 12.5. The average molecular weight is 332 g/mol. The monoisotopic (exact) mass is 331 g/mol. The molecule has 4 nitrogen and oxygen atoms in total. The zero-order chi connectivity index (χ0) is 15.7. The van der Waals surface area contributed by atoms with Gasteiger partial charge in [0.2, 0.25) is 0 Å². The number of benzene rings is 2. The van der Waals surface area contributed by atoms with E-state index in [0.29, 0.717) is 32.3 Å². The van der Waals surface area contributed by atoms with Crippen molar-refractivity contribution in [1.82, 2.24) is 9.66 Å². The van der Waals surface area contributed by atoms with Crippen LogP contribution in [0.3, 0.4) is 0 Å². The maximum Gasteiger partial charge on any atom is 0.282 e. The molecule has 3 aromatic rings. The molecule has 2 aromatic carbocycles. The first-order valence-corrected chi connectivity index (χ1v) is 7.30. The first-order valence-electron chi connectivity index (χ1n) is 6.54. The Kier molecular flexibility index (Phi) is 3.96. The second-order valence-corrected chi connectivity index (χ2v) is 5.47. The van der Waals surface area contributed by atoms with Gasteiger partial charge in [0.15, 0.2) is 0 Å². The van der Waals surface area contributed by atoms with Crippen LogP contribution in [0.2, 0.25) is 10.0 Å². The van der Waals surface area contributed by atoms with E-state index in [0.717, 1.165) is 0 Å². The van der Waals surface area contributed by atoms with Gasteiger partial charge in [0.05, 0.1) is 27.2 Å². The summed E-state index contributed by atoms with van der Waals surface area (Å²) in [5.41, 5.74) is 1.06. The van der Waals surface area contributed by atoms with Gasteiger partial charge in [-0.25, -0.2) is 4.98 Å². The van der Waals surface area contributed by atoms with Crippen molar-refractivity contribution in [2.45, 2.75) is 6.92 Å². The van der Waals surface area contributed by atoms with Crippen molar-refractivity contribution in [3.05, 3.63) is 74.3 Å². The van der Waals surface area contributed by atoms with Gasteiger partial charge in [-0.15, -0.1) is 0 Å². The fraction of sp³-hybridized carbons (Fsp3) is 0.0625. The maximum atomic E-state index is 12.5. The molecule has 110 valence electrons. The molecule has 0 N–H and O–H groups in total. The van der Waals surface area contributed by atoms with E-state index in [1.165, 1.54) is 10.9 Å². The molecule has 3 rings (SSSR count). The summed E-state index contributed by atoms with van der Waals surface area (Å²) >= 11 is 12.1. The molecule has 0 amide bonds. The third-order valence-corrected chi connectivity index (χ3v) is 4.04. The molecule has 0 unspecified atom stereocenters. The summed E-state index contributed by atoms with van der Waals surface area (Å²) in [6.07, 6.45) is 1.50. The van der Waals surface area contributed by atoms with Crippen molar-refractivity contribution < 1.29 is 0 Å². The lowest BCUT2D eigenvalue weighted by molar-refractivity contribution is 0.771. The Morgan fingerprint density at radius 2 is 1.91 bits per heavy atom. The Labute approximate surface area is 136 Å². The molecule has 0 fully saturated rings. The van der Waals surface area contributed by atoms with Gasteiger partial charge in [-0.3, -0.25) is 4.79 Å². The standard InChI is InChI=1S/C16H11Cl2N3O/c1-10-20-14-8-3-2-6-12(14)16(22)21(10)19-9-11-5-4-7-13(17)15(11)18/h2-9H,1H3/b19-9+. The lowest BCUT2D eigenvalue weighted by Gasteiger charge is -2.05. The first-order chi connectivity index (χ1) is 10.6. The van der Waals surface area contributed by atoms with Crippen LogP contribution in [0, 0.1) is 6.92 Å². The molecular weight excluding hydrogens is 321 g/mol. The second-order valence-electron chi connectivity index (χ2n) is 4.68. The quantitative estimate of drug-likeness (QED) is 0.668. The van der Waals surface area contributed by atoms with Crippen LogP contribution in [0.15, 0.2) is 52.4 Å². The summed E-state index contributed by atoms with van der Waals surface area (Å²) in [6, 6.07) is 12.4. The third kappa shape index (κ3) is 2.63. The molecule has 0 spiro atoms. The van der Waals surface area contributed by atoms with Crippen molar-refractivity contribution in [3.63, 3.8) is 0 Å². The highest BCUT2D eigenvalue weighted by atomic mass is 35.5. The predicted molar refractivity (Wildman–Crippen MR) is 90.2 cm³/mol. The number of hydrogen-bond donors (Lipinski definition) is 0. The predicted octanol–water partition coefficient (Wildman–Crippen LogP) is 3.89. The molecule has 1 heterocycles. The Morgan fingerprint density at radius 3 is 2.73 bits per heavy atom. The molecule has 0 atom stereocenters. The normalized spacial score (nSPS) is 11.4. The largest absolute Gasteiger partial charge is 0.282 e. The summed E-state index contributed by atoms with van der Waals surface area (Å²) in [6.45, 7) is 1.73. The van der Waals surface area contributed by atoms with E-state index in [1.807, 2.05) is 6.07 Å². The van der Waals surface area contributed by atoms with E-state index in [2.05, 4.69) is 10.1 Å². The van der Waals surface area contributed by atoms with Crippen LogP contribution in [0.5, 0.6) is 0 Å². The lowest BCUT2D eigenvalue weighted by Crippen LogP contribution is -2.20. The Bertz CT molecular complexity index is 948. The number of rotatable bonds is 2. The van der Waals surface area contributed by atoms with Crippen LogP contribution in [-0.2, 0) is 0 Å². The SMILES string of the molecule is Cc1nc2ccccc2c(=O)n1/N=C/c1cccc(Cl)c1Cl. The molecule has 6 heteroatoms. The summed E-state index contributed by atoms with van der Waals surface area (Å²) in [5, 5.41) is 5.55. The number of fused-ring (bicyclic) bond motifs is 1. The highest BCUT2D eigenvalue weighted by molar-refractivity contribution is 6.43. The number of aromatic nitrogens is 2. The molecular formula is C16H11Cl2N3O. The van der Waals surface area contributed by atoms with Crippen LogP contribution in [0.4, 0.5) is 0 Å². The molecule has 0 aliphatic rings. The van der Waals surface area contributed by atoms with Crippen molar-refractivity contribution in [2.75, 3.05) is 0 Å². The Balaban J connectivity index is 2.13. The van der Waals surface area contributed by atoms with Crippen molar-refractivity contribution in [3.8, 4) is 0 Å².